The maximum absolute atomic E-state index is 9.80. The normalized spacial score (nSPS) is 10.3. The third kappa shape index (κ3) is 6990. The maximum Gasteiger partial charge on any atom is 0.755 e. The van der Waals surface area contributed by atoms with Gasteiger partial charge in [-0.2, -0.15) is 0 Å². The van der Waals surface area contributed by atoms with Gasteiger partial charge in [-0.15, -0.1) is 0 Å². The monoisotopic (exact) mass is 274 g/mol. The third-order valence-corrected chi connectivity index (χ3v) is 0. The van der Waals surface area contributed by atoms with E-state index in [9.17, 15) is 33.6 Å². The second-order valence-corrected chi connectivity index (χ2v) is 2.55. The van der Waals surface area contributed by atoms with Gasteiger partial charge in [0.05, 0.1) is 33.6 Å². The highest BCUT2D eigenvalue weighted by atomic mass is 31.3. The summed E-state index contributed by atoms with van der Waals surface area (Å²) in [5.41, 5.74) is 0. The first-order valence-electron chi connectivity index (χ1n) is 1.96. The minimum absolute atomic E-state index is 2.33. The van der Waals surface area contributed by atoms with Gasteiger partial charge >= 0.3 is 17.0 Å². The molecule has 13 heteroatoms. The van der Waals surface area contributed by atoms with Gasteiger partial charge in [-0.05, 0) is 6.16 Å². The summed E-state index contributed by atoms with van der Waals surface area (Å²) in [6.45, 7) is 0. The zero-order chi connectivity index (χ0) is 12.6. The Labute approximate surface area is 73.0 Å². The Morgan fingerprint density at radius 2 is 0.714 bits per heavy atom. The molecule has 0 aromatic rings. The van der Waals surface area contributed by atoms with E-state index in [1.54, 1.807) is 0 Å². The highest BCUT2D eigenvalue weighted by Gasteiger charge is 2.44. The quantitative estimate of drug-likeness (QED) is 0.503. The second-order valence-electron chi connectivity index (χ2n) is 1.02. The predicted octanol–water partition coefficient (Wildman–Crippen LogP) is 2.64. The summed E-state index contributed by atoms with van der Waals surface area (Å²) in [7, 11) is -12.8. The summed E-state index contributed by atoms with van der Waals surface area (Å²) in [5.74, 6) is 0. The number of halogens is 8. The Kier molecular flexibility index (Phi) is 10.9. The summed E-state index contributed by atoms with van der Waals surface area (Å²) in [6.07, 6.45) is -2.33. The van der Waals surface area contributed by atoms with E-state index in [0.717, 1.165) is 0 Å². The highest BCUT2D eigenvalue weighted by Crippen LogP contribution is 2.66. The molecule has 0 rings (SSSR count). The third-order valence-electron chi connectivity index (χ3n) is 0. The Balaban J connectivity index is -0.000000131. The van der Waals surface area contributed by atoms with Crippen molar-refractivity contribution in [1.29, 1.82) is 0 Å². The fourth-order valence-electron chi connectivity index (χ4n) is 0. The molecule has 0 aliphatic carbocycles. The van der Waals surface area contributed by atoms with Crippen LogP contribution in [0.5, 0.6) is 0 Å². The molecule has 0 bridgehead atoms. The van der Waals surface area contributed by atoms with Gasteiger partial charge in [-0.1, -0.05) is 0 Å². The van der Waals surface area contributed by atoms with Crippen LogP contribution in [0.4, 0.5) is 38.4 Å². The summed E-state index contributed by atoms with van der Waals surface area (Å²) < 4.78 is 78.4. The first kappa shape index (κ1) is 19.2. The lowest BCUT2D eigenvalue weighted by Crippen LogP contribution is -2.37. The SMILES string of the molecule is F[P+](F)(F)F.F[P+](F)(F)F.O=C([O-])[O-]. The van der Waals surface area contributed by atoms with Crippen LogP contribution < -0.4 is 10.2 Å². The van der Waals surface area contributed by atoms with Crippen molar-refractivity contribution in [3.63, 3.8) is 0 Å². The fourth-order valence-corrected chi connectivity index (χ4v) is 0. The van der Waals surface area contributed by atoms with Crippen LogP contribution in [0.1, 0.15) is 0 Å². The van der Waals surface area contributed by atoms with Crippen molar-refractivity contribution in [3.8, 4) is 0 Å². The zero-order valence-corrected chi connectivity index (χ0v) is 7.43. The van der Waals surface area contributed by atoms with Crippen LogP contribution in [-0.4, -0.2) is 6.16 Å². The Hall–Kier alpha value is -0.430. The molecule has 88 valence electrons. The number of carboxylic acid groups (broad SMARTS) is 2. The van der Waals surface area contributed by atoms with Gasteiger partial charge in [0, 0.05) is 0 Å². The van der Waals surface area contributed by atoms with Crippen LogP contribution >= 0.6 is 17.0 Å². The standard InChI is InChI=1S/CH2O3.2F4P/c2-1(3)4;2*1-5(2,3)4/h(H2,2,3,4);;/q;2*+1/p-2. The lowest BCUT2D eigenvalue weighted by atomic mass is 11.5. The molecule has 0 aromatic carbocycles. The molecule has 0 aliphatic heterocycles. The van der Waals surface area contributed by atoms with E-state index in [2.05, 4.69) is 0 Å². The van der Waals surface area contributed by atoms with Crippen molar-refractivity contribution < 1.29 is 48.6 Å². The molecule has 0 heterocycles. The van der Waals surface area contributed by atoms with Gasteiger partial charge in [0.15, 0.2) is 0 Å². The van der Waals surface area contributed by atoms with Crippen molar-refractivity contribution in [3.05, 3.63) is 0 Å². The van der Waals surface area contributed by atoms with E-state index in [0.29, 0.717) is 0 Å². The summed E-state index contributed by atoms with van der Waals surface area (Å²) >= 11 is 0. The molecular formula is CF8O3P2. The van der Waals surface area contributed by atoms with Crippen molar-refractivity contribution in [2.45, 2.75) is 0 Å². The van der Waals surface area contributed by atoms with E-state index in [1.165, 1.54) is 0 Å². The van der Waals surface area contributed by atoms with Gasteiger partial charge in [0.2, 0.25) is 0 Å². The molecular weight excluding hydrogens is 274 g/mol. The lowest BCUT2D eigenvalue weighted by molar-refractivity contribution is -0.415. The van der Waals surface area contributed by atoms with Crippen LogP contribution in [0.15, 0.2) is 0 Å². The minimum atomic E-state index is -6.39. The molecule has 3 nitrogen and oxygen atoms in total. The topological polar surface area (TPSA) is 63.2 Å². The van der Waals surface area contributed by atoms with E-state index in [-0.39, 0.29) is 0 Å². The van der Waals surface area contributed by atoms with E-state index >= 15 is 0 Å². The number of hydrogen-bond donors (Lipinski definition) is 0. The lowest BCUT2D eigenvalue weighted by Gasteiger charge is -1.96. The molecule has 0 aliphatic rings. The van der Waals surface area contributed by atoms with Crippen LogP contribution in [0.2, 0.25) is 0 Å². The maximum atomic E-state index is 9.80. The number of rotatable bonds is 0. The molecule has 0 atom stereocenters. The molecule has 0 fully saturated rings. The molecule has 0 unspecified atom stereocenters. The fraction of sp³-hybridized carbons (Fsp3) is 0. The molecule has 0 amide bonds. The first-order chi connectivity index (χ1) is 5.73. The Bertz CT molecular complexity index is 122. The van der Waals surface area contributed by atoms with Gasteiger partial charge < -0.3 is 15.0 Å². The average molecular weight is 274 g/mol. The largest absolute Gasteiger partial charge is 0.755 e. The molecule has 0 aromatic heterocycles. The number of carbonyl (C=O) groups is 1. The van der Waals surface area contributed by atoms with Crippen LogP contribution in [-0.2, 0) is 0 Å². The molecule has 0 radical (unpaired) electrons. The molecule has 14 heavy (non-hydrogen) atoms. The first-order valence-corrected chi connectivity index (χ1v) is 4.67. The van der Waals surface area contributed by atoms with Crippen LogP contribution in [0, 0.1) is 0 Å². The van der Waals surface area contributed by atoms with Crippen LogP contribution in [0.3, 0.4) is 0 Å². The van der Waals surface area contributed by atoms with Crippen molar-refractivity contribution >= 4 is 23.2 Å². The summed E-state index contributed by atoms with van der Waals surface area (Å²) in [4.78, 5) is 8.33. The van der Waals surface area contributed by atoms with E-state index < -0.39 is 23.2 Å². The van der Waals surface area contributed by atoms with Gasteiger partial charge in [-0.25, -0.2) is 0 Å². The van der Waals surface area contributed by atoms with E-state index in [4.69, 9.17) is 15.0 Å². The van der Waals surface area contributed by atoms with Gasteiger partial charge in [-0.3, -0.25) is 0 Å². The smallest absolute Gasteiger partial charge is 0.652 e. The Morgan fingerprint density at radius 3 is 0.714 bits per heavy atom. The molecule has 0 saturated carbocycles. The number of carbonyl (C=O) groups excluding carboxylic acids is 1. The average Bonchev–Trinajstić information content (AvgIpc) is 1.45. The predicted molar refractivity (Wildman–Crippen MR) is 28.1 cm³/mol. The highest BCUT2D eigenvalue weighted by molar-refractivity contribution is 7.54. The second kappa shape index (κ2) is 7.93. The van der Waals surface area contributed by atoms with Crippen molar-refractivity contribution in [2.75, 3.05) is 0 Å². The van der Waals surface area contributed by atoms with Crippen molar-refractivity contribution in [1.82, 2.24) is 0 Å². The summed E-state index contributed by atoms with van der Waals surface area (Å²) in [5, 5.41) is 16.7. The molecule has 0 saturated heterocycles. The molecule has 0 spiro atoms. The zero-order valence-electron chi connectivity index (χ0n) is 5.64. The molecule has 0 N–H and O–H groups in total. The minimum Gasteiger partial charge on any atom is -0.652 e. The Morgan fingerprint density at radius 1 is 0.714 bits per heavy atom. The van der Waals surface area contributed by atoms with Gasteiger partial charge in [0.25, 0.3) is 0 Å². The summed E-state index contributed by atoms with van der Waals surface area (Å²) in [6, 6.07) is 0. The number of hydrogen-bond acceptors (Lipinski definition) is 3. The van der Waals surface area contributed by atoms with E-state index in [1.807, 2.05) is 0 Å². The van der Waals surface area contributed by atoms with Gasteiger partial charge in [0.1, 0.15) is 0 Å². The van der Waals surface area contributed by atoms with Crippen LogP contribution in [0.25, 0.3) is 0 Å². The van der Waals surface area contributed by atoms with Crippen molar-refractivity contribution in [2.24, 2.45) is 0 Å².